The molecule has 0 radical (unpaired) electrons. The van der Waals surface area contributed by atoms with Gasteiger partial charge < -0.3 is 14.8 Å². The monoisotopic (exact) mass is 503 g/mol. The number of aromatic nitrogens is 1. The molecule has 37 heavy (non-hydrogen) atoms. The second-order valence-electron chi connectivity index (χ2n) is 9.04. The van der Waals surface area contributed by atoms with Crippen LogP contribution in [0.5, 0.6) is 0 Å². The minimum absolute atomic E-state index is 0.285. The Kier molecular flexibility index (Phi) is 8.50. The van der Waals surface area contributed by atoms with E-state index in [0.29, 0.717) is 29.8 Å². The van der Waals surface area contributed by atoms with Crippen LogP contribution in [0.3, 0.4) is 0 Å². The van der Waals surface area contributed by atoms with Crippen molar-refractivity contribution in [1.29, 1.82) is 0 Å². The van der Waals surface area contributed by atoms with Gasteiger partial charge in [-0.25, -0.2) is 9.59 Å². The van der Waals surface area contributed by atoms with E-state index in [-0.39, 0.29) is 6.61 Å². The van der Waals surface area contributed by atoms with Crippen LogP contribution in [0.15, 0.2) is 48.5 Å². The molecule has 0 saturated carbocycles. The highest BCUT2D eigenvalue weighted by molar-refractivity contribution is 6.06. The van der Waals surface area contributed by atoms with Crippen LogP contribution in [-0.2, 0) is 27.2 Å². The molecule has 1 N–H and O–H groups in total. The fraction of sp³-hybridized carbons (Fsp3) is 0.379. The fourth-order valence-corrected chi connectivity index (χ4v) is 4.62. The minimum Gasteiger partial charge on any atom is -0.462 e. The lowest BCUT2D eigenvalue weighted by molar-refractivity contribution is -0.124. The lowest BCUT2D eigenvalue weighted by Crippen LogP contribution is -2.35. The summed E-state index contributed by atoms with van der Waals surface area (Å²) in [6, 6.07) is 14.0. The number of carbonyl (C=O) groups is 3. The molecule has 1 amide bonds. The van der Waals surface area contributed by atoms with Crippen molar-refractivity contribution in [1.82, 2.24) is 9.88 Å². The standard InChI is InChI=1S/C29H33N3O5/c1-4-16-32-17-15-24-22(18-32)26(21-9-7-8-10-23(21)31-24)29(35)37-25(5-2)27(33)30-20-13-11-19(12-14-20)28(34)36-6-3/h7-14,25H,4-6,15-18H2,1-3H3,(H,30,33). The van der Waals surface area contributed by atoms with Crippen LogP contribution in [0, 0.1) is 0 Å². The summed E-state index contributed by atoms with van der Waals surface area (Å²) < 4.78 is 10.8. The molecule has 2 aromatic carbocycles. The number of benzene rings is 2. The van der Waals surface area contributed by atoms with Crippen molar-refractivity contribution < 1.29 is 23.9 Å². The Morgan fingerprint density at radius 1 is 1.03 bits per heavy atom. The molecular formula is C29H33N3O5. The molecule has 0 aliphatic carbocycles. The Hall–Kier alpha value is -3.78. The Morgan fingerprint density at radius 2 is 1.78 bits per heavy atom. The summed E-state index contributed by atoms with van der Waals surface area (Å²) in [6.45, 7) is 8.42. The first kappa shape index (κ1) is 26.3. The molecule has 2 heterocycles. The van der Waals surface area contributed by atoms with Gasteiger partial charge in [-0.2, -0.15) is 0 Å². The summed E-state index contributed by atoms with van der Waals surface area (Å²) in [5, 5.41) is 3.51. The van der Waals surface area contributed by atoms with Gasteiger partial charge in [0.25, 0.3) is 5.91 Å². The van der Waals surface area contributed by atoms with Crippen molar-refractivity contribution in [3.05, 3.63) is 70.9 Å². The number of nitrogens with one attached hydrogen (secondary N) is 1. The second-order valence-corrected chi connectivity index (χ2v) is 9.04. The number of esters is 2. The Morgan fingerprint density at radius 3 is 2.49 bits per heavy atom. The Bertz CT molecular complexity index is 1290. The van der Waals surface area contributed by atoms with Crippen LogP contribution in [0.4, 0.5) is 5.69 Å². The minimum atomic E-state index is -0.977. The van der Waals surface area contributed by atoms with Gasteiger partial charge in [-0.1, -0.05) is 32.0 Å². The van der Waals surface area contributed by atoms with Crippen LogP contribution in [0.25, 0.3) is 10.9 Å². The van der Waals surface area contributed by atoms with E-state index in [9.17, 15) is 14.4 Å². The topological polar surface area (TPSA) is 97.8 Å². The number of rotatable bonds is 9. The van der Waals surface area contributed by atoms with Crippen molar-refractivity contribution >= 4 is 34.4 Å². The Balaban J connectivity index is 1.55. The van der Waals surface area contributed by atoms with Crippen molar-refractivity contribution in [2.24, 2.45) is 0 Å². The number of hydrogen-bond acceptors (Lipinski definition) is 7. The van der Waals surface area contributed by atoms with E-state index < -0.39 is 23.9 Å². The third kappa shape index (κ3) is 5.97. The number of carbonyl (C=O) groups excluding carboxylic acids is 3. The van der Waals surface area contributed by atoms with Crippen LogP contribution in [0.2, 0.25) is 0 Å². The van der Waals surface area contributed by atoms with Gasteiger partial charge in [0.15, 0.2) is 6.10 Å². The number of hydrogen-bond donors (Lipinski definition) is 1. The van der Waals surface area contributed by atoms with E-state index in [1.165, 1.54) is 0 Å². The fourth-order valence-electron chi connectivity index (χ4n) is 4.62. The quantitative estimate of drug-likeness (QED) is 0.421. The van der Waals surface area contributed by atoms with Gasteiger partial charge >= 0.3 is 11.9 Å². The van der Waals surface area contributed by atoms with Gasteiger partial charge in [0, 0.05) is 41.8 Å². The van der Waals surface area contributed by atoms with E-state index in [2.05, 4.69) is 17.1 Å². The highest BCUT2D eigenvalue weighted by Gasteiger charge is 2.29. The molecule has 1 aliphatic rings. The average Bonchev–Trinajstić information content (AvgIpc) is 2.91. The van der Waals surface area contributed by atoms with E-state index in [1.807, 2.05) is 24.3 Å². The maximum Gasteiger partial charge on any atom is 0.340 e. The van der Waals surface area contributed by atoms with E-state index in [0.717, 1.165) is 48.1 Å². The van der Waals surface area contributed by atoms with E-state index in [4.69, 9.17) is 14.5 Å². The molecule has 0 spiro atoms. The van der Waals surface area contributed by atoms with Crippen LogP contribution in [-0.4, -0.2) is 53.5 Å². The first-order chi connectivity index (χ1) is 17.9. The molecule has 0 saturated heterocycles. The third-order valence-electron chi connectivity index (χ3n) is 6.45. The first-order valence-electron chi connectivity index (χ1n) is 12.9. The number of amides is 1. The molecule has 1 unspecified atom stereocenters. The SMILES string of the molecule is CCCN1CCc2nc3ccccc3c(C(=O)OC(CC)C(=O)Nc3ccc(C(=O)OCC)cc3)c2C1. The summed E-state index contributed by atoms with van der Waals surface area (Å²) in [6.07, 6.45) is 1.12. The molecule has 194 valence electrons. The van der Waals surface area contributed by atoms with Crippen molar-refractivity contribution in [3.8, 4) is 0 Å². The second kappa shape index (κ2) is 12.0. The van der Waals surface area contributed by atoms with Crippen LogP contribution in [0.1, 0.15) is 65.6 Å². The summed E-state index contributed by atoms with van der Waals surface area (Å²) in [4.78, 5) is 45.6. The highest BCUT2D eigenvalue weighted by atomic mass is 16.5. The zero-order valence-corrected chi connectivity index (χ0v) is 21.6. The van der Waals surface area contributed by atoms with Crippen molar-refractivity contribution in [2.45, 2.75) is 52.7 Å². The van der Waals surface area contributed by atoms with Crippen molar-refractivity contribution in [2.75, 3.05) is 25.0 Å². The molecule has 4 rings (SSSR count). The maximum atomic E-state index is 13.6. The summed E-state index contributed by atoms with van der Waals surface area (Å²) in [5.74, 6) is -1.38. The molecular weight excluding hydrogens is 470 g/mol. The van der Waals surface area contributed by atoms with Gasteiger partial charge in [-0.05, 0) is 56.6 Å². The first-order valence-corrected chi connectivity index (χ1v) is 12.9. The molecule has 1 atom stereocenters. The van der Waals surface area contributed by atoms with Gasteiger partial charge in [0.2, 0.25) is 0 Å². The zero-order valence-electron chi connectivity index (χ0n) is 21.6. The Labute approximate surface area is 217 Å². The van der Waals surface area contributed by atoms with E-state index in [1.54, 1.807) is 38.1 Å². The summed E-state index contributed by atoms with van der Waals surface area (Å²) in [5.41, 5.74) is 3.92. The summed E-state index contributed by atoms with van der Waals surface area (Å²) in [7, 11) is 0. The number of para-hydroxylation sites is 1. The van der Waals surface area contributed by atoms with E-state index >= 15 is 0 Å². The smallest absolute Gasteiger partial charge is 0.340 e. The van der Waals surface area contributed by atoms with Gasteiger partial charge in [0.1, 0.15) is 0 Å². The van der Waals surface area contributed by atoms with Crippen LogP contribution < -0.4 is 5.32 Å². The van der Waals surface area contributed by atoms with Gasteiger partial charge in [0.05, 0.1) is 23.3 Å². The third-order valence-corrected chi connectivity index (χ3v) is 6.45. The van der Waals surface area contributed by atoms with Crippen molar-refractivity contribution in [3.63, 3.8) is 0 Å². The predicted octanol–water partition coefficient (Wildman–Crippen LogP) is 4.75. The normalized spacial score (nSPS) is 14.0. The lowest BCUT2D eigenvalue weighted by Gasteiger charge is -2.30. The predicted molar refractivity (Wildman–Crippen MR) is 142 cm³/mol. The molecule has 1 aromatic heterocycles. The zero-order chi connectivity index (χ0) is 26.4. The molecule has 1 aliphatic heterocycles. The van der Waals surface area contributed by atoms with Crippen LogP contribution >= 0.6 is 0 Å². The number of nitrogens with zero attached hydrogens (tertiary/aromatic N) is 2. The van der Waals surface area contributed by atoms with Gasteiger partial charge in [-0.15, -0.1) is 0 Å². The lowest BCUT2D eigenvalue weighted by atomic mass is 9.95. The largest absolute Gasteiger partial charge is 0.462 e. The molecule has 0 fully saturated rings. The molecule has 8 nitrogen and oxygen atoms in total. The number of ether oxygens (including phenoxy) is 2. The number of fused-ring (bicyclic) bond motifs is 2. The average molecular weight is 504 g/mol. The number of pyridine rings is 1. The maximum absolute atomic E-state index is 13.6. The molecule has 3 aromatic rings. The highest BCUT2D eigenvalue weighted by Crippen LogP contribution is 2.29. The number of anilines is 1. The van der Waals surface area contributed by atoms with Gasteiger partial charge in [-0.3, -0.25) is 14.7 Å². The molecule has 8 heteroatoms. The molecule has 0 bridgehead atoms. The summed E-state index contributed by atoms with van der Waals surface area (Å²) >= 11 is 0.